The van der Waals surface area contributed by atoms with E-state index in [0.29, 0.717) is 10.6 Å². The van der Waals surface area contributed by atoms with Crippen LogP contribution >= 0.6 is 23.2 Å². The largest absolute Gasteiger partial charge is 0.506 e. The maximum Gasteiger partial charge on any atom is 0.406 e. The number of para-hydroxylation sites is 1. The van der Waals surface area contributed by atoms with E-state index in [-0.39, 0.29) is 21.2 Å². The number of alkyl halides is 3. The van der Waals surface area contributed by atoms with Crippen molar-refractivity contribution in [1.29, 1.82) is 0 Å². The normalized spacial score (nSPS) is 17.2. The first-order valence-corrected chi connectivity index (χ1v) is 7.84. The van der Waals surface area contributed by atoms with Crippen LogP contribution in [-0.2, 0) is 0 Å². The van der Waals surface area contributed by atoms with Gasteiger partial charge in [-0.3, -0.25) is 4.79 Å². The minimum Gasteiger partial charge on any atom is -0.506 e. The smallest absolute Gasteiger partial charge is 0.406 e. The minimum atomic E-state index is -4.63. The molecular weight excluding hydrogens is 380 g/mol. The van der Waals surface area contributed by atoms with Gasteiger partial charge < -0.3 is 15.3 Å². The molecule has 1 amide bonds. The van der Waals surface area contributed by atoms with Crippen molar-refractivity contribution in [2.75, 3.05) is 11.9 Å². The summed E-state index contributed by atoms with van der Waals surface area (Å²) in [5.41, 5.74) is 0.437. The zero-order valence-electron chi connectivity index (χ0n) is 12.4. The second-order valence-electron chi connectivity index (χ2n) is 5.47. The number of phenolic OH excluding ortho intramolecular Hbond substituents is 1. The van der Waals surface area contributed by atoms with Crippen LogP contribution in [0.2, 0.25) is 10.0 Å². The van der Waals surface area contributed by atoms with Crippen molar-refractivity contribution in [2.24, 2.45) is 0 Å². The number of fused-ring (bicyclic) bond motifs is 1. The fourth-order valence-corrected chi connectivity index (χ4v) is 3.20. The molecule has 0 unspecified atom stereocenters. The molecule has 0 saturated heterocycles. The number of carbonyl (C=O) groups excluding carboxylic acids is 1. The van der Waals surface area contributed by atoms with Gasteiger partial charge in [-0.2, -0.15) is 13.2 Å². The fourth-order valence-electron chi connectivity index (χ4n) is 2.69. The topological polar surface area (TPSA) is 52.6 Å². The lowest BCUT2D eigenvalue weighted by Gasteiger charge is -2.38. The Labute approximate surface area is 150 Å². The number of amides is 1. The zero-order valence-corrected chi connectivity index (χ0v) is 14.0. The number of rotatable bonds is 2. The summed E-state index contributed by atoms with van der Waals surface area (Å²) in [5.74, 6) is -1.25. The predicted molar refractivity (Wildman–Crippen MR) is 88.0 cm³/mol. The number of carbonyl (C=O) groups is 1. The third kappa shape index (κ3) is 3.48. The van der Waals surface area contributed by atoms with Crippen molar-refractivity contribution in [1.82, 2.24) is 4.90 Å². The van der Waals surface area contributed by atoms with Crippen molar-refractivity contribution in [3.8, 4) is 5.75 Å². The van der Waals surface area contributed by atoms with Crippen LogP contribution in [-0.4, -0.2) is 28.6 Å². The van der Waals surface area contributed by atoms with Gasteiger partial charge in [-0.05, 0) is 24.3 Å². The first kappa shape index (κ1) is 17.7. The second kappa shape index (κ2) is 6.31. The minimum absolute atomic E-state index is 0.0235. The number of aromatic hydroxyl groups is 1. The predicted octanol–water partition coefficient (Wildman–Crippen LogP) is 4.83. The molecule has 1 aliphatic rings. The van der Waals surface area contributed by atoms with E-state index in [1.807, 2.05) is 0 Å². The molecule has 1 atom stereocenters. The van der Waals surface area contributed by atoms with E-state index in [9.17, 15) is 23.1 Å². The first-order chi connectivity index (χ1) is 11.7. The standard InChI is InChI=1S/C16H11Cl2F3N2O2/c17-8-5-10(13(24)11(18)6-8)14-22-12-4-2-1-3-9(12)15(25)23(14)7-16(19,20)21/h1-6,14,22,24H,7H2/t14-/m1/s1. The number of phenols is 1. The Morgan fingerprint density at radius 2 is 1.88 bits per heavy atom. The molecule has 9 heteroatoms. The number of nitrogens with one attached hydrogen (secondary N) is 1. The van der Waals surface area contributed by atoms with E-state index in [0.717, 1.165) is 0 Å². The van der Waals surface area contributed by atoms with Crippen LogP contribution in [0.25, 0.3) is 0 Å². The number of benzene rings is 2. The molecule has 2 aromatic rings. The molecule has 2 aromatic carbocycles. The van der Waals surface area contributed by atoms with Gasteiger partial charge in [-0.25, -0.2) is 0 Å². The highest BCUT2D eigenvalue weighted by molar-refractivity contribution is 6.35. The fraction of sp³-hybridized carbons (Fsp3) is 0.188. The van der Waals surface area contributed by atoms with Gasteiger partial charge in [-0.1, -0.05) is 35.3 Å². The van der Waals surface area contributed by atoms with Crippen LogP contribution in [0.5, 0.6) is 5.75 Å². The van der Waals surface area contributed by atoms with Crippen LogP contribution in [0.15, 0.2) is 36.4 Å². The lowest BCUT2D eigenvalue weighted by Crippen LogP contribution is -2.47. The number of halogens is 5. The molecule has 0 aromatic heterocycles. The van der Waals surface area contributed by atoms with Gasteiger partial charge in [-0.15, -0.1) is 0 Å². The average Bonchev–Trinajstić information content (AvgIpc) is 2.52. The Hall–Kier alpha value is -2.12. The van der Waals surface area contributed by atoms with E-state index < -0.39 is 30.5 Å². The van der Waals surface area contributed by atoms with Crippen molar-refractivity contribution in [2.45, 2.75) is 12.3 Å². The van der Waals surface area contributed by atoms with E-state index in [1.165, 1.54) is 18.2 Å². The summed E-state index contributed by atoms with van der Waals surface area (Å²) < 4.78 is 39.0. The van der Waals surface area contributed by atoms with Crippen LogP contribution < -0.4 is 5.32 Å². The Bertz CT molecular complexity index is 843. The van der Waals surface area contributed by atoms with Gasteiger partial charge in [0.25, 0.3) is 5.91 Å². The SMILES string of the molecule is O=C1c2ccccc2N[C@@H](c2cc(Cl)cc(Cl)c2O)N1CC(F)(F)F. The maximum atomic E-state index is 13.0. The Balaban J connectivity index is 2.14. The highest BCUT2D eigenvalue weighted by Crippen LogP contribution is 2.41. The molecule has 0 bridgehead atoms. The quantitative estimate of drug-likeness (QED) is 0.772. The number of anilines is 1. The van der Waals surface area contributed by atoms with Crippen LogP contribution in [0.4, 0.5) is 18.9 Å². The molecule has 1 aliphatic heterocycles. The highest BCUT2D eigenvalue weighted by atomic mass is 35.5. The van der Waals surface area contributed by atoms with E-state index in [4.69, 9.17) is 23.2 Å². The number of nitrogens with zero attached hydrogens (tertiary/aromatic N) is 1. The average molecular weight is 391 g/mol. The van der Waals surface area contributed by atoms with Crippen molar-refractivity contribution in [3.05, 3.63) is 57.6 Å². The molecule has 2 N–H and O–H groups in total. The summed E-state index contributed by atoms with van der Waals surface area (Å²) >= 11 is 11.8. The van der Waals surface area contributed by atoms with Crippen LogP contribution in [0, 0.1) is 0 Å². The number of hydrogen-bond acceptors (Lipinski definition) is 3. The highest BCUT2D eigenvalue weighted by Gasteiger charge is 2.41. The van der Waals surface area contributed by atoms with E-state index in [1.54, 1.807) is 18.2 Å². The number of hydrogen-bond donors (Lipinski definition) is 2. The van der Waals surface area contributed by atoms with Crippen LogP contribution in [0.3, 0.4) is 0 Å². The van der Waals surface area contributed by atoms with E-state index in [2.05, 4.69) is 5.32 Å². The van der Waals surface area contributed by atoms with Crippen molar-refractivity contribution in [3.63, 3.8) is 0 Å². The van der Waals surface area contributed by atoms with Gasteiger partial charge in [0.05, 0.1) is 10.6 Å². The third-order valence-electron chi connectivity index (χ3n) is 3.72. The molecule has 0 spiro atoms. The van der Waals surface area contributed by atoms with Gasteiger partial charge in [0.15, 0.2) is 0 Å². The lowest BCUT2D eigenvalue weighted by molar-refractivity contribution is -0.144. The summed E-state index contributed by atoms with van der Waals surface area (Å²) in [6, 6.07) is 8.71. The zero-order chi connectivity index (χ0) is 18.4. The van der Waals surface area contributed by atoms with Crippen LogP contribution in [0.1, 0.15) is 22.1 Å². The summed E-state index contributed by atoms with van der Waals surface area (Å²) in [6.07, 6.45) is -5.90. The van der Waals surface area contributed by atoms with Crippen molar-refractivity contribution < 1.29 is 23.1 Å². The summed E-state index contributed by atoms with van der Waals surface area (Å²) in [6.45, 7) is -1.50. The first-order valence-electron chi connectivity index (χ1n) is 7.08. The van der Waals surface area contributed by atoms with Gasteiger partial charge in [0, 0.05) is 16.3 Å². The molecule has 3 rings (SSSR count). The molecule has 0 radical (unpaired) electrons. The Morgan fingerprint density at radius 1 is 1.20 bits per heavy atom. The summed E-state index contributed by atoms with van der Waals surface area (Å²) in [5, 5.41) is 13.0. The maximum absolute atomic E-state index is 13.0. The molecule has 0 aliphatic carbocycles. The van der Waals surface area contributed by atoms with Gasteiger partial charge >= 0.3 is 6.18 Å². The summed E-state index contributed by atoms with van der Waals surface area (Å²) in [4.78, 5) is 13.2. The molecule has 0 saturated carbocycles. The van der Waals surface area contributed by atoms with Crippen molar-refractivity contribution >= 4 is 34.8 Å². The third-order valence-corrected chi connectivity index (χ3v) is 4.23. The lowest BCUT2D eigenvalue weighted by atomic mass is 10.0. The molecule has 25 heavy (non-hydrogen) atoms. The molecule has 4 nitrogen and oxygen atoms in total. The molecule has 1 heterocycles. The van der Waals surface area contributed by atoms with Gasteiger partial charge in [0.1, 0.15) is 18.5 Å². The summed E-state index contributed by atoms with van der Waals surface area (Å²) in [7, 11) is 0. The molecule has 132 valence electrons. The Morgan fingerprint density at radius 3 is 2.56 bits per heavy atom. The molecular formula is C16H11Cl2F3N2O2. The second-order valence-corrected chi connectivity index (χ2v) is 6.31. The van der Waals surface area contributed by atoms with E-state index >= 15 is 0 Å². The monoisotopic (exact) mass is 390 g/mol. The molecule has 0 fully saturated rings. The Kier molecular flexibility index (Phi) is 4.47. The van der Waals surface area contributed by atoms with Gasteiger partial charge in [0.2, 0.25) is 0 Å².